The highest BCUT2D eigenvalue weighted by Gasteiger charge is 2.37. The zero-order valence-electron chi connectivity index (χ0n) is 11.2. The molecular formula is C17H17BrFN. The Bertz CT molecular complexity index is 573. The first kappa shape index (κ1) is 13.8. The van der Waals surface area contributed by atoms with Crippen LogP contribution in [0.4, 0.5) is 4.39 Å². The number of hydrogen-bond acceptors (Lipinski definition) is 1. The van der Waals surface area contributed by atoms with Gasteiger partial charge in [0, 0.05) is 23.0 Å². The number of halogens is 2. The Morgan fingerprint density at radius 3 is 2.30 bits per heavy atom. The highest BCUT2D eigenvalue weighted by Crippen LogP contribution is 2.33. The molecule has 0 unspecified atom stereocenters. The SMILES string of the molecule is Fc1cc(Br)cc(CC2(Cc3ccccc3)CNC2)c1. The van der Waals surface area contributed by atoms with Crippen LogP contribution >= 0.6 is 15.9 Å². The van der Waals surface area contributed by atoms with E-state index in [1.165, 1.54) is 11.6 Å². The monoisotopic (exact) mass is 333 g/mol. The summed E-state index contributed by atoms with van der Waals surface area (Å²) in [6.45, 7) is 1.99. The van der Waals surface area contributed by atoms with Gasteiger partial charge >= 0.3 is 0 Å². The summed E-state index contributed by atoms with van der Waals surface area (Å²) < 4.78 is 14.3. The maximum Gasteiger partial charge on any atom is 0.124 e. The molecule has 1 aliphatic rings. The van der Waals surface area contributed by atoms with Gasteiger partial charge in [0.1, 0.15) is 5.82 Å². The fourth-order valence-corrected chi connectivity index (χ4v) is 3.48. The van der Waals surface area contributed by atoms with Gasteiger partial charge in [-0.15, -0.1) is 0 Å². The third kappa shape index (κ3) is 3.10. The van der Waals surface area contributed by atoms with Crippen LogP contribution in [-0.4, -0.2) is 13.1 Å². The van der Waals surface area contributed by atoms with E-state index in [-0.39, 0.29) is 11.2 Å². The van der Waals surface area contributed by atoms with E-state index in [2.05, 4.69) is 45.5 Å². The summed E-state index contributed by atoms with van der Waals surface area (Å²) in [6.07, 6.45) is 1.94. The van der Waals surface area contributed by atoms with E-state index in [9.17, 15) is 4.39 Å². The first-order valence-corrected chi connectivity index (χ1v) is 7.64. The summed E-state index contributed by atoms with van der Waals surface area (Å²) in [5.74, 6) is -0.170. The summed E-state index contributed by atoms with van der Waals surface area (Å²) in [7, 11) is 0. The predicted octanol–water partition coefficient (Wildman–Crippen LogP) is 3.96. The van der Waals surface area contributed by atoms with Crippen molar-refractivity contribution in [2.45, 2.75) is 12.8 Å². The first-order valence-electron chi connectivity index (χ1n) is 6.85. The molecule has 1 aliphatic heterocycles. The molecule has 2 aromatic carbocycles. The van der Waals surface area contributed by atoms with Gasteiger partial charge in [-0.25, -0.2) is 4.39 Å². The van der Waals surface area contributed by atoms with Crippen molar-refractivity contribution in [2.75, 3.05) is 13.1 Å². The molecule has 1 fully saturated rings. The van der Waals surface area contributed by atoms with Crippen molar-refractivity contribution in [2.24, 2.45) is 5.41 Å². The molecule has 0 radical (unpaired) electrons. The Morgan fingerprint density at radius 1 is 1.00 bits per heavy atom. The fraction of sp³-hybridized carbons (Fsp3) is 0.294. The molecule has 1 heterocycles. The molecule has 0 aromatic heterocycles. The lowest BCUT2D eigenvalue weighted by atomic mass is 9.72. The van der Waals surface area contributed by atoms with Crippen LogP contribution in [0.5, 0.6) is 0 Å². The van der Waals surface area contributed by atoms with E-state index in [0.717, 1.165) is 36.0 Å². The molecular weight excluding hydrogens is 317 g/mol. The van der Waals surface area contributed by atoms with Gasteiger partial charge < -0.3 is 5.32 Å². The summed E-state index contributed by atoms with van der Waals surface area (Å²) in [6, 6.07) is 15.7. The second-order valence-corrected chi connectivity index (χ2v) is 6.64. The van der Waals surface area contributed by atoms with E-state index in [1.807, 2.05) is 12.1 Å². The molecule has 0 atom stereocenters. The molecule has 20 heavy (non-hydrogen) atoms. The highest BCUT2D eigenvalue weighted by molar-refractivity contribution is 9.10. The van der Waals surface area contributed by atoms with Crippen molar-refractivity contribution >= 4 is 15.9 Å². The number of rotatable bonds is 4. The third-order valence-electron chi connectivity index (χ3n) is 3.92. The van der Waals surface area contributed by atoms with Crippen molar-refractivity contribution in [1.29, 1.82) is 0 Å². The molecule has 3 heteroatoms. The largest absolute Gasteiger partial charge is 0.315 e. The van der Waals surface area contributed by atoms with E-state index in [1.54, 1.807) is 6.07 Å². The van der Waals surface area contributed by atoms with Crippen LogP contribution in [0.3, 0.4) is 0 Å². The van der Waals surface area contributed by atoms with Gasteiger partial charge in [-0.3, -0.25) is 0 Å². The van der Waals surface area contributed by atoms with Crippen LogP contribution in [0.15, 0.2) is 53.0 Å². The van der Waals surface area contributed by atoms with Crippen molar-refractivity contribution in [3.8, 4) is 0 Å². The number of benzene rings is 2. The Hall–Kier alpha value is -1.19. The molecule has 0 saturated carbocycles. The fourth-order valence-electron chi connectivity index (χ4n) is 2.97. The second kappa shape index (κ2) is 5.66. The van der Waals surface area contributed by atoms with Crippen LogP contribution in [0.25, 0.3) is 0 Å². The smallest absolute Gasteiger partial charge is 0.124 e. The normalized spacial score (nSPS) is 16.7. The maximum absolute atomic E-state index is 13.5. The van der Waals surface area contributed by atoms with E-state index < -0.39 is 0 Å². The first-order chi connectivity index (χ1) is 9.65. The topological polar surface area (TPSA) is 12.0 Å². The second-order valence-electron chi connectivity index (χ2n) is 5.72. The summed E-state index contributed by atoms with van der Waals surface area (Å²) in [5.41, 5.74) is 2.63. The van der Waals surface area contributed by atoms with Gasteiger partial charge in [0.05, 0.1) is 0 Å². The number of hydrogen-bond donors (Lipinski definition) is 1. The molecule has 104 valence electrons. The van der Waals surface area contributed by atoms with E-state index >= 15 is 0 Å². The van der Waals surface area contributed by atoms with Crippen molar-refractivity contribution < 1.29 is 4.39 Å². The Labute approximate surface area is 127 Å². The molecule has 1 nitrogen and oxygen atoms in total. The molecule has 0 bridgehead atoms. The Kier molecular flexibility index (Phi) is 3.90. The zero-order chi connectivity index (χ0) is 14.0. The predicted molar refractivity (Wildman–Crippen MR) is 83.3 cm³/mol. The van der Waals surface area contributed by atoms with Crippen LogP contribution in [0.2, 0.25) is 0 Å². The summed E-state index contributed by atoms with van der Waals surface area (Å²) >= 11 is 3.37. The van der Waals surface area contributed by atoms with Crippen LogP contribution < -0.4 is 5.32 Å². The lowest BCUT2D eigenvalue weighted by Crippen LogP contribution is -2.56. The molecule has 1 N–H and O–H groups in total. The quantitative estimate of drug-likeness (QED) is 0.892. The standard InChI is InChI=1S/C17H17BrFN/c18-15-6-14(7-16(19)8-15)10-17(11-20-12-17)9-13-4-2-1-3-5-13/h1-8,20H,9-12H2. The molecule has 3 rings (SSSR count). The lowest BCUT2D eigenvalue weighted by molar-refractivity contribution is 0.166. The maximum atomic E-state index is 13.5. The highest BCUT2D eigenvalue weighted by atomic mass is 79.9. The van der Waals surface area contributed by atoms with Gasteiger partial charge in [-0.2, -0.15) is 0 Å². The zero-order valence-corrected chi connectivity index (χ0v) is 12.8. The van der Waals surface area contributed by atoms with Gasteiger partial charge in [0.2, 0.25) is 0 Å². The summed E-state index contributed by atoms with van der Waals surface area (Å²) in [4.78, 5) is 0. The lowest BCUT2D eigenvalue weighted by Gasteiger charge is -2.43. The van der Waals surface area contributed by atoms with Crippen molar-refractivity contribution in [1.82, 2.24) is 5.32 Å². The van der Waals surface area contributed by atoms with Crippen molar-refractivity contribution in [3.63, 3.8) is 0 Å². The number of nitrogens with one attached hydrogen (secondary N) is 1. The van der Waals surface area contributed by atoms with Gasteiger partial charge in [0.25, 0.3) is 0 Å². The summed E-state index contributed by atoms with van der Waals surface area (Å²) in [5, 5.41) is 3.37. The Balaban J connectivity index is 1.79. The van der Waals surface area contributed by atoms with Crippen molar-refractivity contribution in [3.05, 3.63) is 69.9 Å². The van der Waals surface area contributed by atoms with Gasteiger partial charge in [-0.1, -0.05) is 46.3 Å². The minimum Gasteiger partial charge on any atom is -0.315 e. The molecule has 0 spiro atoms. The minimum atomic E-state index is -0.170. The molecule has 2 aromatic rings. The molecule has 0 amide bonds. The Morgan fingerprint density at radius 2 is 1.70 bits per heavy atom. The molecule has 0 aliphatic carbocycles. The van der Waals surface area contributed by atoms with E-state index in [4.69, 9.17) is 0 Å². The van der Waals surface area contributed by atoms with Gasteiger partial charge in [-0.05, 0) is 42.2 Å². The van der Waals surface area contributed by atoms with E-state index in [0.29, 0.717) is 0 Å². The van der Waals surface area contributed by atoms with Crippen LogP contribution in [-0.2, 0) is 12.8 Å². The molecule has 1 saturated heterocycles. The van der Waals surface area contributed by atoms with Gasteiger partial charge in [0.15, 0.2) is 0 Å². The van der Waals surface area contributed by atoms with Crippen LogP contribution in [0, 0.1) is 11.2 Å². The third-order valence-corrected chi connectivity index (χ3v) is 4.38. The average molecular weight is 334 g/mol. The van der Waals surface area contributed by atoms with Crippen LogP contribution in [0.1, 0.15) is 11.1 Å². The minimum absolute atomic E-state index is 0.170. The average Bonchev–Trinajstić information content (AvgIpc) is 2.36.